The molecule has 18 heavy (non-hydrogen) atoms. The van der Waals surface area contributed by atoms with Gasteiger partial charge in [0.2, 0.25) is 0 Å². The largest absolute Gasteiger partial charge is 0.481 e. The maximum atomic E-state index is 11.6. The SMILES string of the molecule is O=C(O)CC1CS(=O)(=O)CCN1c1nc(Cl)cs1. The number of aromatic nitrogens is 1. The number of aliphatic carboxylic acids is 1. The lowest BCUT2D eigenvalue weighted by atomic mass is 10.2. The van der Waals surface area contributed by atoms with E-state index in [1.165, 1.54) is 11.3 Å². The number of carbonyl (C=O) groups is 1. The van der Waals surface area contributed by atoms with Gasteiger partial charge in [-0.25, -0.2) is 13.4 Å². The summed E-state index contributed by atoms with van der Waals surface area (Å²) in [5, 5.41) is 11.4. The molecular weight excluding hydrogens is 300 g/mol. The lowest BCUT2D eigenvalue weighted by Crippen LogP contribution is -2.49. The van der Waals surface area contributed by atoms with E-state index in [0.717, 1.165) is 0 Å². The maximum Gasteiger partial charge on any atom is 0.305 e. The molecule has 1 saturated heterocycles. The minimum atomic E-state index is -3.17. The van der Waals surface area contributed by atoms with E-state index in [9.17, 15) is 13.2 Å². The van der Waals surface area contributed by atoms with Crippen molar-refractivity contribution in [1.82, 2.24) is 4.98 Å². The second kappa shape index (κ2) is 5.02. The Morgan fingerprint density at radius 1 is 1.67 bits per heavy atom. The molecule has 1 N–H and O–H groups in total. The Hall–Kier alpha value is -0.860. The summed E-state index contributed by atoms with van der Waals surface area (Å²) in [6.45, 7) is 0.254. The summed E-state index contributed by atoms with van der Waals surface area (Å²) in [5.74, 6) is -1.17. The van der Waals surface area contributed by atoms with E-state index >= 15 is 0 Å². The van der Waals surface area contributed by atoms with Crippen LogP contribution in [0.1, 0.15) is 6.42 Å². The fraction of sp³-hybridized carbons (Fsp3) is 0.556. The second-order valence-electron chi connectivity index (χ2n) is 4.01. The van der Waals surface area contributed by atoms with E-state index in [4.69, 9.17) is 16.7 Å². The standard InChI is InChI=1S/C9H11ClN2O4S2/c10-7-4-17-9(11-7)12-1-2-18(15,16)5-6(12)3-8(13)14/h4,6H,1-3,5H2,(H,13,14). The summed E-state index contributed by atoms with van der Waals surface area (Å²) >= 11 is 7.01. The molecule has 1 aromatic rings. The molecular formula is C9H11ClN2O4S2. The number of carboxylic acids is 1. The van der Waals surface area contributed by atoms with Crippen molar-refractivity contribution in [3.05, 3.63) is 10.5 Å². The molecule has 1 unspecified atom stereocenters. The van der Waals surface area contributed by atoms with E-state index in [0.29, 0.717) is 10.3 Å². The monoisotopic (exact) mass is 310 g/mol. The Balaban J connectivity index is 2.24. The Morgan fingerprint density at radius 2 is 2.39 bits per heavy atom. The van der Waals surface area contributed by atoms with E-state index in [1.807, 2.05) is 0 Å². The summed E-state index contributed by atoms with van der Waals surface area (Å²) in [6, 6.07) is -0.580. The smallest absolute Gasteiger partial charge is 0.305 e. The third-order valence-corrected chi connectivity index (χ3v) is 5.55. The number of nitrogens with zero attached hydrogens (tertiary/aromatic N) is 2. The van der Waals surface area contributed by atoms with Gasteiger partial charge in [-0.15, -0.1) is 11.3 Å². The van der Waals surface area contributed by atoms with Crippen LogP contribution in [0.4, 0.5) is 5.13 Å². The van der Waals surface area contributed by atoms with Gasteiger partial charge in [0, 0.05) is 11.9 Å². The number of rotatable bonds is 3. The van der Waals surface area contributed by atoms with Crippen LogP contribution in [0.5, 0.6) is 0 Å². The van der Waals surface area contributed by atoms with Crippen LogP contribution < -0.4 is 4.90 Å². The van der Waals surface area contributed by atoms with Crippen LogP contribution in [0.15, 0.2) is 5.38 Å². The van der Waals surface area contributed by atoms with Gasteiger partial charge in [0.1, 0.15) is 5.15 Å². The molecule has 6 nitrogen and oxygen atoms in total. The number of anilines is 1. The molecule has 0 aliphatic carbocycles. The fourth-order valence-electron chi connectivity index (χ4n) is 1.89. The van der Waals surface area contributed by atoms with Crippen LogP contribution in [-0.2, 0) is 14.6 Å². The molecule has 1 aromatic heterocycles. The third-order valence-electron chi connectivity index (χ3n) is 2.65. The van der Waals surface area contributed by atoms with Crippen LogP contribution in [0.25, 0.3) is 0 Å². The van der Waals surface area contributed by atoms with Crippen molar-refractivity contribution in [3.8, 4) is 0 Å². The third kappa shape index (κ3) is 3.12. The predicted octanol–water partition coefficient (Wildman–Crippen LogP) is 0.875. The Kier molecular flexibility index (Phi) is 3.79. The predicted molar refractivity (Wildman–Crippen MR) is 69.2 cm³/mol. The lowest BCUT2D eigenvalue weighted by Gasteiger charge is -2.34. The van der Waals surface area contributed by atoms with Gasteiger partial charge in [0.25, 0.3) is 0 Å². The number of hydrogen-bond donors (Lipinski definition) is 1. The molecule has 0 saturated carbocycles. The van der Waals surface area contributed by atoms with E-state index in [-0.39, 0.29) is 24.5 Å². The van der Waals surface area contributed by atoms with E-state index in [2.05, 4.69) is 4.98 Å². The number of carboxylic acid groups (broad SMARTS) is 1. The lowest BCUT2D eigenvalue weighted by molar-refractivity contribution is -0.137. The van der Waals surface area contributed by atoms with Crippen LogP contribution in [0, 0.1) is 0 Å². The van der Waals surface area contributed by atoms with E-state index < -0.39 is 21.8 Å². The average molecular weight is 311 g/mol. The van der Waals surface area contributed by atoms with Gasteiger partial charge in [0.05, 0.1) is 24.0 Å². The summed E-state index contributed by atoms with van der Waals surface area (Å²) < 4.78 is 23.1. The Labute approximate surface area is 113 Å². The topological polar surface area (TPSA) is 87.6 Å². The zero-order valence-corrected chi connectivity index (χ0v) is 11.6. The van der Waals surface area contributed by atoms with Gasteiger partial charge in [0.15, 0.2) is 15.0 Å². The van der Waals surface area contributed by atoms with Crippen LogP contribution in [-0.4, -0.2) is 48.6 Å². The molecule has 0 aromatic carbocycles. The molecule has 0 spiro atoms. The first-order chi connectivity index (χ1) is 8.37. The Morgan fingerprint density at radius 3 is 2.94 bits per heavy atom. The molecule has 2 rings (SSSR count). The number of sulfone groups is 1. The summed E-state index contributed by atoms with van der Waals surface area (Å²) in [4.78, 5) is 16.6. The molecule has 9 heteroatoms. The molecule has 100 valence electrons. The number of thiazole rings is 1. The van der Waals surface area contributed by atoms with Gasteiger partial charge < -0.3 is 10.0 Å². The highest BCUT2D eigenvalue weighted by Crippen LogP contribution is 2.28. The van der Waals surface area contributed by atoms with Gasteiger partial charge in [-0.1, -0.05) is 11.6 Å². The zero-order valence-electron chi connectivity index (χ0n) is 9.24. The van der Waals surface area contributed by atoms with Crippen molar-refractivity contribution in [2.75, 3.05) is 23.0 Å². The Bertz CT molecular complexity index is 557. The minimum absolute atomic E-state index is 0.0142. The molecule has 1 fully saturated rings. The normalized spacial score (nSPS) is 22.9. The fourth-order valence-corrected chi connectivity index (χ4v) is 4.46. The van der Waals surface area contributed by atoms with Gasteiger partial charge in [-0.3, -0.25) is 4.79 Å². The van der Waals surface area contributed by atoms with Crippen molar-refractivity contribution in [1.29, 1.82) is 0 Å². The molecule has 0 amide bonds. The van der Waals surface area contributed by atoms with Crippen molar-refractivity contribution in [2.24, 2.45) is 0 Å². The van der Waals surface area contributed by atoms with Crippen molar-refractivity contribution >= 4 is 43.9 Å². The summed E-state index contributed by atoms with van der Waals surface area (Å²) in [5.41, 5.74) is 0. The van der Waals surface area contributed by atoms with Gasteiger partial charge >= 0.3 is 5.97 Å². The highest BCUT2D eigenvalue weighted by Gasteiger charge is 2.34. The number of hydrogen-bond acceptors (Lipinski definition) is 6. The summed E-state index contributed by atoms with van der Waals surface area (Å²) in [7, 11) is -3.17. The molecule has 2 heterocycles. The molecule has 1 aliphatic heterocycles. The first kappa shape index (κ1) is 13.6. The van der Waals surface area contributed by atoms with Gasteiger partial charge in [-0.2, -0.15) is 0 Å². The second-order valence-corrected chi connectivity index (χ2v) is 7.46. The van der Waals surface area contributed by atoms with Crippen molar-refractivity contribution in [3.63, 3.8) is 0 Å². The molecule has 0 radical (unpaired) electrons. The van der Waals surface area contributed by atoms with Crippen LogP contribution >= 0.6 is 22.9 Å². The van der Waals surface area contributed by atoms with Gasteiger partial charge in [-0.05, 0) is 0 Å². The summed E-state index contributed by atoms with van der Waals surface area (Å²) in [6.07, 6.45) is -0.226. The number of halogens is 1. The highest BCUT2D eigenvalue weighted by atomic mass is 35.5. The van der Waals surface area contributed by atoms with Crippen molar-refractivity contribution < 1.29 is 18.3 Å². The van der Waals surface area contributed by atoms with Crippen molar-refractivity contribution in [2.45, 2.75) is 12.5 Å². The minimum Gasteiger partial charge on any atom is -0.481 e. The van der Waals surface area contributed by atoms with Crippen LogP contribution in [0.3, 0.4) is 0 Å². The first-order valence-electron chi connectivity index (χ1n) is 5.17. The van der Waals surface area contributed by atoms with Crippen LogP contribution in [0.2, 0.25) is 5.15 Å². The van der Waals surface area contributed by atoms with E-state index in [1.54, 1.807) is 10.3 Å². The zero-order chi connectivity index (χ0) is 13.3. The molecule has 1 atom stereocenters. The average Bonchev–Trinajstić information content (AvgIpc) is 2.62. The quantitative estimate of drug-likeness (QED) is 0.891. The maximum absolute atomic E-state index is 11.6. The first-order valence-corrected chi connectivity index (χ1v) is 8.25. The molecule has 1 aliphatic rings. The molecule has 0 bridgehead atoms. The highest BCUT2D eigenvalue weighted by molar-refractivity contribution is 7.91.